The van der Waals surface area contributed by atoms with E-state index in [1.165, 1.54) is 5.56 Å². The van der Waals surface area contributed by atoms with Crippen molar-refractivity contribution in [3.05, 3.63) is 70.3 Å². The van der Waals surface area contributed by atoms with Gasteiger partial charge in [0, 0.05) is 15.4 Å². The van der Waals surface area contributed by atoms with Crippen molar-refractivity contribution in [3.8, 4) is 22.8 Å². The van der Waals surface area contributed by atoms with Crippen LogP contribution in [0.3, 0.4) is 0 Å². The molecule has 2 heterocycles. The maximum Gasteiger partial charge on any atom is 0.226 e. The number of benzene rings is 2. The molecule has 0 aliphatic heterocycles. The molecule has 0 radical (unpaired) electrons. The smallest absolute Gasteiger partial charge is 0.226 e. The first kappa shape index (κ1) is 17.9. The maximum absolute atomic E-state index is 5.93. The highest BCUT2D eigenvalue weighted by Crippen LogP contribution is 2.37. The summed E-state index contributed by atoms with van der Waals surface area (Å²) < 4.78 is 12.7. The Morgan fingerprint density at radius 3 is 2.63 bits per heavy atom. The van der Waals surface area contributed by atoms with Crippen LogP contribution in [0.5, 0.6) is 11.6 Å². The van der Waals surface area contributed by atoms with Crippen molar-refractivity contribution >= 4 is 37.5 Å². The predicted octanol–water partition coefficient (Wildman–Crippen LogP) is 5.89. The fourth-order valence-corrected chi connectivity index (χ4v) is 4.04. The second-order valence-electron chi connectivity index (χ2n) is 6.03. The molecule has 0 saturated carbocycles. The third-order valence-corrected chi connectivity index (χ3v) is 5.46. The Kier molecular flexibility index (Phi) is 5.36. The first-order valence-electron chi connectivity index (χ1n) is 8.51. The van der Waals surface area contributed by atoms with Crippen molar-refractivity contribution in [2.24, 2.45) is 0 Å². The average Bonchev–Trinajstić information content (AvgIpc) is 3.11. The van der Waals surface area contributed by atoms with Gasteiger partial charge in [0.1, 0.15) is 30.1 Å². The molecule has 27 heavy (non-hydrogen) atoms. The second-order valence-corrected chi connectivity index (χ2v) is 7.80. The van der Waals surface area contributed by atoms with E-state index in [2.05, 4.69) is 62.5 Å². The van der Waals surface area contributed by atoms with Crippen LogP contribution in [0.2, 0.25) is 0 Å². The summed E-state index contributed by atoms with van der Waals surface area (Å²) in [4.78, 5) is 9.65. The van der Waals surface area contributed by atoms with Crippen LogP contribution in [0.1, 0.15) is 5.56 Å². The molecule has 0 fully saturated rings. The third-order valence-electron chi connectivity index (χ3n) is 4.08. The maximum atomic E-state index is 5.93. The summed E-state index contributed by atoms with van der Waals surface area (Å²) in [5, 5.41) is 3.06. The standard InChI is InChI=1S/C21H17BrN2O2S/c1-14-5-7-15(8-6-14)18-12-27-21-19(18)20(23-13-24-21)26-10-9-25-17-4-2-3-16(22)11-17/h2-8,11-13H,9-10H2,1H3. The molecule has 0 atom stereocenters. The van der Waals surface area contributed by atoms with Gasteiger partial charge in [0.2, 0.25) is 5.88 Å². The molecule has 0 spiro atoms. The summed E-state index contributed by atoms with van der Waals surface area (Å²) in [6.45, 7) is 2.92. The van der Waals surface area contributed by atoms with Gasteiger partial charge in [-0.1, -0.05) is 51.8 Å². The number of rotatable bonds is 6. The summed E-state index contributed by atoms with van der Waals surface area (Å²) in [5.74, 6) is 1.39. The van der Waals surface area contributed by atoms with Crippen molar-refractivity contribution in [3.63, 3.8) is 0 Å². The van der Waals surface area contributed by atoms with Crippen LogP contribution >= 0.6 is 27.3 Å². The van der Waals surface area contributed by atoms with E-state index in [4.69, 9.17) is 9.47 Å². The molecule has 0 unspecified atom stereocenters. The van der Waals surface area contributed by atoms with Gasteiger partial charge in [-0.3, -0.25) is 0 Å². The van der Waals surface area contributed by atoms with Gasteiger partial charge in [0.25, 0.3) is 0 Å². The van der Waals surface area contributed by atoms with E-state index in [-0.39, 0.29) is 0 Å². The molecule has 4 nitrogen and oxygen atoms in total. The van der Waals surface area contributed by atoms with Crippen LogP contribution in [-0.2, 0) is 0 Å². The van der Waals surface area contributed by atoms with E-state index in [9.17, 15) is 0 Å². The number of ether oxygens (including phenoxy) is 2. The lowest BCUT2D eigenvalue weighted by Crippen LogP contribution is -2.10. The predicted molar refractivity (Wildman–Crippen MR) is 113 cm³/mol. The van der Waals surface area contributed by atoms with Crippen LogP contribution in [-0.4, -0.2) is 23.2 Å². The molecular weight excluding hydrogens is 424 g/mol. The van der Waals surface area contributed by atoms with Gasteiger partial charge in [-0.05, 0) is 30.7 Å². The minimum absolute atomic E-state index is 0.405. The van der Waals surface area contributed by atoms with E-state index in [1.807, 2.05) is 24.3 Å². The fraction of sp³-hybridized carbons (Fsp3) is 0.143. The number of halogens is 1. The zero-order valence-electron chi connectivity index (χ0n) is 14.7. The van der Waals surface area contributed by atoms with Gasteiger partial charge in [-0.2, -0.15) is 0 Å². The number of hydrogen-bond donors (Lipinski definition) is 0. The van der Waals surface area contributed by atoms with Crippen molar-refractivity contribution in [2.45, 2.75) is 6.92 Å². The molecule has 136 valence electrons. The van der Waals surface area contributed by atoms with Crippen molar-refractivity contribution in [1.82, 2.24) is 9.97 Å². The minimum Gasteiger partial charge on any atom is -0.490 e. The Bertz CT molecular complexity index is 1060. The summed E-state index contributed by atoms with van der Waals surface area (Å²) >= 11 is 5.04. The number of aryl methyl sites for hydroxylation is 1. The lowest BCUT2D eigenvalue weighted by molar-refractivity contribution is 0.213. The van der Waals surface area contributed by atoms with Crippen LogP contribution in [0.15, 0.2) is 64.7 Å². The first-order valence-corrected chi connectivity index (χ1v) is 10.2. The summed E-state index contributed by atoms with van der Waals surface area (Å²) in [6.07, 6.45) is 1.54. The van der Waals surface area contributed by atoms with Gasteiger partial charge < -0.3 is 9.47 Å². The van der Waals surface area contributed by atoms with Crippen LogP contribution in [0.4, 0.5) is 0 Å². The molecule has 2 aromatic carbocycles. The van der Waals surface area contributed by atoms with Gasteiger partial charge in [0.05, 0.1) is 5.39 Å². The van der Waals surface area contributed by atoms with E-state index in [1.54, 1.807) is 17.7 Å². The molecule has 0 N–H and O–H groups in total. The average molecular weight is 441 g/mol. The van der Waals surface area contributed by atoms with E-state index < -0.39 is 0 Å². The van der Waals surface area contributed by atoms with Gasteiger partial charge >= 0.3 is 0 Å². The quantitative estimate of drug-likeness (QED) is 0.350. The highest BCUT2D eigenvalue weighted by Gasteiger charge is 2.14. The van der Waals surface area contributed by atoms with Gasteiger partial charge in [-0.25, -0.2) is 9.97 Å². The number of hydrogen-bond acceptors (Lipinski definition) is 5. The molecular formula is C21H17BrN2O2S. The second kappa shape index (κ2) is 8.06. The lowest BCUT2D eigenvalue weighted by atomic mass is 10.0. The first-order chi connectivity index (χ1) is 13.2. The van der Waals surface area contributed by atoms with Gasteiger partial charge in [0.15, 0.2) is 0 Å². The van der Waals surface area contributed by atoms with E-state index in [0.29, 0.717) is 19.1 Å². The highest BCUT2D eigenvalue weighted by molar-refractivity contribution is 9.10. The number of fused-ring (bicyclic) bond motifs is 1. The summed E-state index contributed by atoms with van der Waals surface area (Å²) in [6, 6.07) is 16.2. The molecule has 0 saturated heterocycles. The zero-order chi connectivity index (χ0) is 18.6. The molecule has 0 aliphatic carbocycles. The van der Waals surface area contributed by atoms with Crippen LogP contribution in [0.25, 0.3) is 21.3 Å². The number of thiophene rings is 1. The Labute approximate surface area is 169 Å². The topological polar surface area (TPSA) is 44.2 Å². The largest absolute Gasteiger partial charge is 0.490 e. The Balaban J connectivity index is 1.51. The van der Waals surface area contributed by atoms with Crippen molar-refractivity contribution < 1.29 is 9.47 Å². The number of aromatic nitrogens is 2. The Hall–Kier alpha value is -2.44. The summed E-state index contributed by atoms with van der Waals surface area (Å²) in [7, 11) is 0. The molecule has 4 aromatic rings. The molecule has 2 aromatic heterocycles. The van der Waals surface area contributed by atoms with Crippen LogP contribution < -0.4 is 9.47 Å². The molecule has 0 amide bonds. The molecule has 6 heteroatoms. The monoisotopic (exact) mass is 440 g/mol. The molecule has 4 rings (SSSR count). The fourth-order valence-electron chi connectivity index (χ4n) is 2.76. The van der Waals surface area contributed by atoms with Gasteiger partial charge in [-0.15, -0.1) is 11.3 Å². The Morgan fingerprint density at radius 1 is 1.00 bits per heavy atom. The zero-order valence-corrected chi connectivity index (χ0v) is 17.1. The van der Waals surface area contributed by atoms with E-state index >= 15 is 0 Å². The summed E-state index contributed by atoms with van der Waals surface area (Å²) in [5.41, 5.74) is 3.46. The highest BCUT2D eigenvalue weighted by atomic mass is 79.9. The van der Waals surface area contributed by atoms with Crippen molar-refractivity contribution in [1.29, 1.82) is 0 Å². The Morgan fingerprint density at radius 2 is 1.81 bits per heavy atom. The van der Waals surface area contributed by atoms with Crippen LogP contribution in [0, 0.1) is 6.92 Å². The minimum atomic E-state index is 0.405. The number of nitrogens with zero attached hydrogens (tertiary/aromatic N) is 2. The molecule has 0 aliphatic rings. The molecule has 0 bridgehead atoms. The van der Waals surface area contributed by atoms with E-state index in [0.717, 1.165) is 31.6 Å². The lowest BCUT2D eigenvalue weighted by Gasteiger charge is -2.09. The SMILES string of the molecule is Cc1ccc(-c2csc3ncnc(OCCOc4cccc(Br)c4)c23)cc1. The normalized spacial score (nSPS) is 10.9. The third kappa shape index (κ3) is 4.12. The van der Waals surface area contributed by atoms with Crippen molar-refractivity contribution in [2.75, 3.05) is 13.2 Å².